The highest BCUT2D eigenvalue weighted by molar-refractivity contribution is 6.07. The summed E-state index contributed by atoms with van der Waals surface area (Å²) in [6.07, 6.45) is 0.371. The molecule has 0 spiro atoms. The molecule has 0 aromatic heterocycles. The van der Waals surface area contributed by atoms with E-state index in [2.05, 4.69) is 21.2 Å². The molecular formula is C19H19FN4O2. The van der Waals surface area contributed by atoms with Crippen LogP contribution in [0.5, 0.6) is 0 Å². The lowest BCUT2D eigenvalue weighted by atomic mass is 9.94. The zero-order valence-corrected chi connectivity index (χ0v) is 14.5. The minimum atomic E-state index is -0.475. The van der Waals surface area contributed by atoms with Crippen LogP contribution in [0.15, 0.2) is 47.6 Å². The van der Waals surface area contributed by atoms with Gasteiger partial charge in [0.15, 0.2) is 0 Å². The largest absolute Gasteiger partial charge is 0.323 e. The molecule has 0 saturated heterocycles. The van der Waals surface area contributed by atoms with Crippen LogP contribution in [0.2, 0.25) is 0 Å². The number of rotatable bonds is 3. The lowest BCUT2D eigenvalue weighted by molar-refractivity contribution is -0.121. The summed E-state index contributed by atoms with van der Waals surface area (Å²) in [7, 11) is 0. The van der Waals surface area contributed by atoms with Gasteiger partial charge in [-0.05, 0) is 36.8 Å². The maximum absolute atomic E-state index is 13.6. The predicted molar refractivity (Wildman–Crippen MR) is 98.7 cm³/mol. The topological polar surface area (TPSA) is 82.6 Å². The number of amides is 3. The maximum atomic E-state index is 13.6. The summed E-state index contributed by atoms with van der Waals surface area (Å²) in [6, 6.07) is 11.2. The van der Waals surface area contributed by atoms with Gasteiger partial charge in [-0.25, -0.2) is 14.6 Å². The van der Waals surface area contributed by atoms with E-state index in [0.29, 0.717) is 23.4 Å². The standard InChI is InChI=1S/C19H19FN4O2/c1-11-6-7-15(10-16(11)20)22-19(26)21-14-5-3-4-13(9-14)18-12(2)8-17(25)23-24-18/h3-7,9-10,12H,8H2,1-2H3,(H,23,25)(H2,21,22,26). The van der Waals surface area contributed by atoms with Crippen LogP contribution >= 0.6 is 0 Å². The van der Waals surface area contributed by atoms with E-state index in [-0.39, 0.29) is 17.6 Å². The van der Waals surface area contributed by atoms with Crippen LogP contribution in [0.3, 0.4) is 0 Å². The van der Waals surface area contributed by atoms with E-state index in [4.69, 9.17) is 0 Å². The molecule has 3 rings (SSSR count). The van der Waals surface area contributed by atoms with Crippen molar-refractivity contribution < 1.29 is 14.0 Å². The van der Waals surface area contributed by atoms with Crippen molar-refractivity contribution in [1.29, 1.82) is 0 Å². The quantitative estimate of drug-likeness (QED) is 0.786. The summed E-state index contributed by atoms with van der Waals surface area (Å²) in [5, 5.41) is 9.42. The molecule has 134 valence electrons. The molecule has 6 nitrogen and oxygen atoms in total. The van der Waals surface area contributed by atoms with Crippen LogP contribution in [0.4, 0.5) is 20.6 Å². The molecule has 2 aromatic rings. The molecule has 1 aliphatic heterocycles. The average Bonchev–Trinajstić information content (AvgIpc) is 2.58. The van der Waals surface area contributed by atoms with E-state index in [1.54, 1.807) is 37.3 Å². The molecule has 3 N–H and O–H groups in total. The third-order valence-electron chi connectivity index (χ3n) is 4.11. The number of carbonyl (C=O) groups is 2. The Morgan fingerprint density at radius 1 is 1.19 bits per heavy atom. The number of carbonyl (C=O) groups excluding carboxylic acids is 2. The Kier molecular flexibility index (Phi) is 4.97. The lowest BCUT2D eigenvalue weighted by Gasteiger charge is -2.19. The molecule has 2 aromatic carbocycles. The molecule has 0 fully saturated rings. The first kappa shape index (κ1) is 17.6. The molecule has 0 radical (unpaired) electrons. The van der Waals surface area contributed by atoms with Gasteiger partial charge in [-0.2, -0.15) is 5.10 Å². The number of benzene rings is 2. The Morgan fingerprint density at radius 2 is 1.92 bits per heavy atom. The minimum Gasteiger partial charge on any atom is -0.308 e. The van der Waals surface area contributed by atoms with Crippen molar-refractivity contribution in [3.05, 3.63) is 59.4 Å². The number of nitrogens with zero attached hydrogens (tertiary/aromatic N) is 1. The molecule has 1 unspecified atom stereocenters. The fourth-order valence-corrected chi connectivity index (χ4v) is 2.72. The van der Waals surface area contributed by atoms with Gasteiger partial charge in [0, 0.05) is 29.3 Å². The monoisotopic (exact) mass is 354 g/mol. The number of hydrogen-bond acceptors (Lipinski definition) is 3. The predicted octanol–water partition coefficient (Wildman–Crippen LogP) is 3.64. The SMILES string of the molecule is Cc1ccc(NC(=O)Nc2cccc(C3=NNC(=O)CC3C)c2)cc1F. The molecule has 0 bridgehead atoms. The smallest absolute Gasteiger partial charge is 0.308 e. The summed E-state index contributed by atoms with van der Waals surface area (Å²) in [5.74, 6) is -0.500. The molecule has 1 aliphatic rings. The number of aryl methyl sites for hydroxylation is 1. The highest BCUT2D eigenvalue weighted by atomic mass is 19.1. The lowest BCUT2D eigenvalue weighted by Crippen LogP contribution is -2.32. The van der Waals surface area contributed by atoms with Gasteiger partial charge in [0.2, 0.25) is 5.91 Å². The number of hydrazone groups is 1. The van der Waals surface area contributed by atoms with Gasteiger partial charge >= 0.3 is 6.03 Å². The van der Waals surface area contributed by atoms with Crippen LogP contribution < -0.4 is 16.1 Å². The second-order valence-corrected chi connectivity index (χ2v) is 6.26. The third-order valence-corrected chi connectivity index (χ3v) is 4.11. The molecule has 0 saturated carbocycles. The van der Waals surface area contributed by atoms with E-state index < -0.39 is 6.03 Å². The van der Waals surface area contributed by atoms with Gasteiger partial charge in [0.1, 0.15) is 5.82 Å². The highest BCUT2D eigenvalue weighted by Gasteiger charge is 2.21. The maximum Gasteiger partial charge on any atom is 0.323 e. The van der Waals surface area contributed by atoms with Crippen molar-refractivity contribution in [2.75, 3.05) is 10.6 Å². The number of halogens is 1. The molecule has 1 heterocycles. The van der Waals surface area contributed by atoms with Crippen LogP contribution in [-0.4, -0.2) is 17.6 Å². The Morgan fingerprint density at radius 3 is 2.62 bits per heavy atom. The second-order valence-electron chi connectivity index (χ2n) is 6.26. The molecular weight excluding hydrogens is 335 g/mol. The van der Waals surface area contributed by atoms with Crippen molar-refractivity contribution in [2.45, 2.75) is 20.3 Å². The van der Waals surface area contributed by atoms with E-state index in [9.17, 15) is 14.0 Å². The van der Waals surface area contributed by atoms with Gasteiger partial charge in [-0.1, -0.05) is 25.1 Å². The Balaban J connectivity index is 1.71. The van der Waals surface area contributed by atoms with Gasteiger partial charge in [0.05, 0.1) is 5.71 Å². The summed E-state index contributed by atoms with van der Waals surface area (Å²) in [4.78, 5) is 23.5. The Bertz CT molecular complexity index is 895. The summed E-state index contributed by atoms with van der Waals surface area (Å²) >= 11 is 0. The number of hydrogen-bond donors (Lipinski definition) is 3. The fraction of sp³-hybridized carbons (Fsp3) is 0.211. The van der Waals surface area contributed by atoms with Gasteiger partial charge in [-0.15, -0.1) is 0 Å². The van der Waals surface area contributed by atoms with E-state index in [0.717, 1.165) is 11.3 Å². The highest BCUT2D eigenvalue weighted by Crippen LogP contribution is 2.20. The van der Waals surface area contributed by atoms with Gasteiger partial charge in [-0.3, -0.25) is 4.79 Å². The Labute approximate surface area is 150 Å². The first-order valence-electron chi connectivity index (χ1n) is 8.23. The summed E-state index contributed by atoms with van der Waals surface area (Å²) in [6.45, 7) is 3.58. The van der Waals surface area contributed by atoms with Crippen LogP contribution in [-0.2, 0) is 4.79 Å². The Hall–Kier alpha value is -3.22. The zero-order chi connectivity index (χ0) is 18.7. The second kappa shape index (κ2) is 7.35. The average molecular weight is 354 g/mol. The molecule has 7 heteroatoms. The number of anilines is 2. The molecule has 3 amide bonds. The number of nitrogens with one attached hydrogen (secondary N) is 3. The van der Waals surface area contributed by atoms with Crippen LogP contribution in [0.1, 0.15) is 24.5 Å². The van der Waals surface area contributed by atoms with E-state index >= 15 is 0 Å². The molecule has 0 aliphatic carbocycles. The van der Waals surface area contributed by atoms with Crippen LogP contribution in [0.25, 0.3) is 0 Å². The molecule has 1 atom stereocenters. The van der Waals surface area contributed by atoms with Crippen LogP contribution in [0, 0.1) is 18.7 Å². The first-order valence-corrected chi connectivity index (χ1v) is 8.23. The fourth-order valence-electron chi connectivity index (χ4n) is 2.72. The van der Waals surface area contributed by atoms with Crippen molar-refractivity contribution in [3.63, 3.8) is 0 Å². The summed E-state index contributed by atoms with van der Waals surface area (Å²) < 4.78 is 13.6. The van der Waals surface area contributed by atoms with E-state index in [1.807, 2.05) is 13.0 Å². The minimum absolute atomic E-state index is 0.0108. The van der Waals surface area contributed by atoms with Crippen molar-refractivity contribution in [2.24, 2.45) is 11.0 Å². The van der Waals surface area contributed by atoms with E-state index in [1.165, 1.54) is 6.07 Å². The number of urea groups is 1. The summed E-state index contributed by atoms with van der Waals surface area (Å²) in [5.41, 5.74) is 5.50. The zero-order valence-electron chi connectivity index (χ0n) is 14.5. The van der Waals surface area contributed by atoms with Crippen molar-refractivity contribution in [3.8, 4) is 0 Å². The van der Waals surface area contributed by atoms with Gasteiger partial charge in [0.25, 0.3) is 0 Å². The van der Waals surface area contributed by atoms with Crippen molar-refractivity contribution in [1.82, 2.24) is 5.43 Å². The first-order chi connectivity index (χ1) is 12.4. The molecule has 26 heavy (non-hydrogen) atoms. The van der Waals surface area contributed by atoms with Gasteiger partial charge < -0.3 is 10.6 Å². The normalized spacial score (nSPS) is 16.5. The third kappa shape index (κ3) is 4.05. The van der Waals surface area contributed by atoms with Crippen molar-refractivity contribution >= 4 is 29.0 Å².